The van der Waals surface area contributed by atoms with Crippen LogP contribution < -0.4 is 10.9 Å². The van der Waals surface area contributed by atoms with Crippen molar-refractivity contribution in [2.75, 3.05) is 6.54 Å². The quantitative estimate of drug-likeness (QED) is 0.786. The lowest BCUT2D eigenvalue weighted by Crippen LogP contribution is -2.21. The Balaban J connectivity index is 2.28. The van der Waals surface area contributed by atoms with Crippen LogP contribution >= 0.6 is 31.9 Å². The van der Waals surface area contributed by atoms with Crippen molar-refractivity contribution in [3.8, 4) is 11.5 Å². The Morgan fingerprint density at radius 1 is 1.33 bits per heavy atom. The molecule has 2 aromatic rings. The van der Waals surface area contributed by atoms with Gasteiger partial charge in [-0.25, -0.2) is 4.98 Å². The Hall–Kier alpha value is -1.05. The van der Waals surface area contributed by atoms with E-state index in [4.69, 9.17) is 0 Å². The van der Waals surface area contributed by atoms with Crippen LogP contribution in [0, 0.1) is 5.92 Å². The SMILES string of the molecule is CC(C)CNCc1cc(=O)[nH]c(-c2ncc(Br)cc2Br)n1. The van der Waals surface area contributed by atoms with Gasteiger partial charge in [0.15, 0.2) is 5.82 Å². The molecule has 0 aliphatic carbocycles. The molecule has 0 atom stereocenters. The number of H-pyrrole nitrogens is 1. The molecule has 21 heavy (non-hydrogen) atoms. The second-order valence-electron chi connectivity index (χ2n) is 5.09. The summed E-state index contributed by atoms with van der Waals surface area (Å²) in [5, 5.41) is 3.28. The summed E-state index contributed by atoms with van der Waals surface area (Å²) in [5.41, 5.74) is 1.13. The fraction of sp³-hybridized carbons (Fsp3) is 0.357. The molecular weight excluding hydrogens is 400 g/mol. The van der Waals surface area contributed by atoms with Gasteiger partial charge in [-0.2, -0.15) is 0 Å². The zero-order valence-corrected chi connectivity index (χ0v) is 15.0. The molecule has 0 saturated carbocycles. The maximum atomic E-state index is 11.8. The minimum absolute atomic E-state index is 0.182. The van der Waals surface area contributed by atoms with E-state index in [1.165, 1.54) is 6.07 Å². The topological polar surface area (TPSA) is 70.7 Å². The lowest BCUT2D eigenvalue weighted by Gasteiger charge is -2.08. The van der Waals surface area contributed by atoms with Crippen LogP contribution in [0.1, 0.15) is 19.5 Å². The average molecular weight is 416 g/mol. The number of pyridine rings is 1. The zero-order valence-electron chi connectivity index (χ0n) is 11.8. The van der Waals surface area contributed by atoms with E-state index >= 15 is 0 Å². The summed E-state index contributed by atoms with van der Waals surface area (Å²) in [6.45, 7) is 5.70. The van der Waals surface area contributed by atoms with Gasteiger partial charge in [0, 0.05) is 27.8 Å². The zero-order chi connectivity index (χ0) is 15.4. The van der Waals surface area contributed by atoms with Gasteiger partial charge in [0.25, 0.3) is 5.56 Å². The third kappa shape index (κ3) is 4.72. The van der Waals surface area contributed by atoms with Gasteiger partial charge >= 0.3 is 0 Å². The molecule has 0 bridgehead atoms. The number of hydrogen-bond donors (Lipinski definition) is 2. The van der Waals surface area contributed by atoms with Gasteiger partial charge in [-0.15, -0.1) is 0 Å². The minimum Gasteiger partial charge on any atom is -0.311 e. The molecule has 5 nitrogen and oxygen atoms in total. The van der Waals surface area contributed by atoms with Gasteiger partial charge in [0.1, 0.15) is 5.69 Å². The first-order valence-corrected chi connectivity index (χ1v) is 8.16. The fourth-order valence-electron chi connectivity index (χ4n) is 1.79. The molecule has 0 radical (unpaired) electrons. The average Bonchev–Trinajstić information content (AvgIpc) is 2.37. The molecule has 0 amide bonds. The van der Waals surface area contributed by atoms with E-state index in [-0.39, 0.29) is 5.56 Å². The van der Waals surface area contributed by atoms with Crippen molar-refractivity contribution < 1.29 is 0 Å². The fourth-order valence-corrected chi connectivity index (χ4v) is 2.96. The first-order valence-electron chi connectivity index (χ1n) is 6.58. The molecule has 0 aromatic carbocycles. The molecular formula is C14H16Br2N4O. The van der Waals surface area contributed by atoms with Crippen molar-refractivity contribution in [2.24, 2.45) is 5.92 Å². The number of aromatic nitrogens is 3. The molecule has 0 spiro atoms. The summed E-state index contributed by atoms with van der Waals surface area (Å²) < 4.78 is 1.63. The first kappa shape index (κ1) is 16.3. The highest BCUT2D eigenvalue weighted by Gasteiger charge is 2.10. The molecule has 2 aromatic heterocycles. The van der Waals surface area contributed by atoms with E-state index in [0.29, 0.717) is 29.7 Å². The maximum absolute atomic E-state index is 11.8. The van der Waals surface area contributed by atoms with Crippen LogP contribution in [0.4, 0.5) is 0 Å². The van der Waals surface area contributed by atoms with E-state index in [0.717, 1.165) is 15.5 Å². The third-order valence-corrected chi connectivity index (χ3v) is 3.72. The monoisotopic (exact) mass is 414 g/mol. The number of nitrogens with zero attached hydrogens (tertiary/aromatic N) is 2. The molecule has 0 saturated heterocycles. The largest absolute Gasteiger partial charge is 0.311 e. The number of aromatic amines is 1. The summed E-state index contributed by atoms with van der Waals surface area (Å²) in [6, 6.07) is 3.37. The molecule has 2 heterocycles. The van der Waals surface area contributed by atoms with Crippen LogP contribution in [-0.2, 0) is 6.54 Å². The summed E-state index contributed by atoms with van der Waals surface area (Å²) in [4.78, 5) is 23.3. The number of rotatable bonds is 5. The van der Waals surface area contributed by atoms with Gasteiger partial charge in [0.2, 0.25) is 0 Å². The summed E-state index contributed by atoms with van der Waals surface area (Å²) in [5.74, 6) is 1.01. The Bertz CT molecular complexity index is 685. The molecule has 0 unspecified atom stereocenters. The maximum Gasteiger partial charge on any atom is 0.251 e. The van der Waals surface area contributed by atoms with E-state index in [9.17, 15) is 4.79 Å². The van der Waals surface area contributed by atoms with Gasteiger partial charge in [-0.3, -0.25) is 9.78 Å². The van der Waals surface area contributed by atoms with Gasteiger partial charge in [-0.1, -0.05) is 13.8 Å². The van der Waals surface area contributed by atoms with Crippen molar-refractivity contribution in [3.63, 3.8) is 0 Å². The van der Waals surface area contributed by atoms with Crippen molar-refractivity contribution in [3.05, 3.63) is 43.3 Å². The van der Waals surface area contributed by atoms with Crippen molar-refractivity contribution in [2.45, 2.75) is 20.4 Å². The Morgan fingerprint density at radius 3 is 2.76 bits per heavy atom. The highest BCUT2D eigenvalue weighted by atomic mass is 79.9. The third-order valence-electron chi connectivity index (χ3n) is 2.69. The standard InChI is InChI=1S/C14H16Br2N4O/c1-8(2)5-17-7-10-4-12(21)20-14(19-10)13-11(16)3-9(15)6-18-13/h3-4,6,8,17H,5,7H2,1-2H3,(H,19,20,21). The molecule has 0 aliphatic rings. The van der Waals surface area contributed by atoms with E-state index in [2.05, 4.69) is 66.0 Å². The molecule has 0 aliphatic heterocycles. The molecule has 112 valence electrons. The van der Waals surface area contributed by atoms with Gasteiger partial charge in [0.05, 0.1) is 5.69 Å². The van der Waals surface area contributed by atoms with Crippen LogP contribution in [0.3, 0.4) is 0 Å². The highest BCUT2D eigenvalue weighted by Crippen LogP contribution is 2.25. The van der Waals surface area contributed by atoms with E-state index in [1.54, 1.807) is 6.20 Å². The summed E-state index contributed by atoms with van der Waals surface area (Å²) in [7, 11) is 0. The van der Waals surface area contributed by atoms with Gasteiger partial charge in [-0.05, 0) is 50.4 Å². The number of halogens is 2. The minimum atomic E-state index is -0.182. The van der Waals surface area contributed by atoms with Crippen molar-refractivity contribution in [1.82, 2.24) is 20.3 Å². The number of hydrogen-bond acceptors (Lipinski definition) is 4. The first-order chi connectivity index (χ1) is 9.95. The predicted octanol–water partition coefficient (Wildman–Crippen LogP) is 3.10. The highest BCUT2D eigenvalue weighted by molar-refractivity contribution is 9.11. The molecule has 7 heteroatoms. The van der Waals surface area contributed by atoms with Crippen LogP contribution in [0.15, 0.2) is 32.1 Å². The second-order valence-corrected chi connectivity index (χ2v) is 6.86. The smallest absolute Gasteiger partial charge is 0.251 e. The van der Waals surface area contributed by atoms with E-state index in [1.807, 2.05) is 6.07 Å². The second kappa shape index (κ2) is 7.29. The summed E-state index contributed by atoms with van der Waals surface area (Å²) >= 11 is 6.79. The molecule has 2 N–H and O–H groups in total. The predicted molar refractivity (Wildman–Crippen MR) is 90.0 cm³/mol. The Morgan fingerprint density at radius 2 is 2.10 bits per heavy atom. The Labute approximate surface area is 139 Å². The number of nitrogens with one attached hydrogen (secondary N) is 2. The lowest BCUT2D eigenvalue weighted by atomic mass is 10.2. The van der Waals surface area contributed by atoms with Crippen LogP contribution in [0.2, 0.25) is 0 Å². The van der Waals surface area contributed by atoms with Crippen LogP contribution in [-0.4, -0.2) is 21.5 Å². The van der Waals surface area contributed by atoms with Crippen LogP contribution in [0.25, 0.3) is 11.5 Å². The molecule has 0 fully saturated rings. The Kier molecular flexibility index (Phi) is 5.66. The summed E-state index contributed by atoms with van der Waals surface area (Å²) in [6.07, 6.45) is 1.67. The van der Waals surface area contributed by atoms with Crippen molar-refractivity contribution in [1.29, 1.82) is 0 Å². The van der Waals surface area contributed by atoms with Crippen molar-refractivity contribution >= 4 is 31.9 Å². The van der Waals surface area contributed by atoms with Crippen LogP contribution in [0.5, 0.6) is 0 Å². The van der Waals surface area contributed by atoms with Gasteiger partial charge < -0.3 is 10.3 Å². The lowest BCUT2D eigenvalue weighted by molar-refractivity contribution is 0.548. The van der Waals surface area contributed by atoms with E-state index < -0.39 is 0 Å². The molecule has 2 rings (SSSR count). The normalized spacial score (nSPS) is 11.1.